The molecule has 0 saturated carbocycles. The predicted molar refractivity (Wildman–Crippen MR) is 137 cm³/mol. The molecule has 194 valence electrons. The lowest BCUT2D eigenvalue weighted by atomic mass is 10.1. The van der Waals surface area contributed by atoms with E-state index < -0.39 is 0 Å². The molecule has 0 aromatic rings. The van der Waals surface area contributed by atoms with E-state index in [2.05, 4.69) is 26.0 Å². The minimum Gasteiger partial charge on any atom is -1.00 e. The molecule has 0 aliphatic carbocycles. The van der Waals surface area contributed by atoms with Crippen LogP contribution in [0.2, 0.25) is 0 Å². The van der Waals surface area contributed by atoms with Gasteiger partial charge in [-0.15, -0.1) is 0 Å². The Hall–Kier alpha value is 0.350. The largest absolute Gasteiger partial charge is 1.00 e. The molecule has 0 atom stereocenters. The third-order valence-corrected chi connectivity index (χ3v) is 6.78. The van der Waals surface area contributed by atoms with Crippen molar-refractivity contribution >= 4 is 0 Å². The van der Waals surface area contributed by atoms with Crippen LogP contribution < -0.4 is 24.0 Å². The minimum atomic E-state index is 0. The van der Waals surface area contributed by atoms with Crippen LogP contribution in [0.3, 0.4) is 0 Å². The Morgan fingerprint density at radius 3 is 1.22 bits per heavy atom. The molecule has 0 unspecified atom stereocenters. The van der Waals surface area contributed by atoms with Crippen molar-refractivity contribution in [3.63, 3.8) is 0 Å². The van der Waals surface area contributed by atoms with Gasteiger partial charge in [-0.05, 0) is 51.4 Å². The molecular formula is C28H58INO2. The van der Waals surface area contributed by atoms with E-state index in [1.807, 2.05) is 0 Å². The molecule has 4 heteroatoms. The summed E-state index contributed by atoms with van der Waals surface area (Å²) in [7, 11) is 0. The van der Waals surface area contributed by atoms with Crippen LogP contribution in [-0.2, 0) is 0 Å². The first kappa shape index (κ1) is 34.5. The number of rotatable bonds is 25. The number of hydrogen-bond acceptors (Lipinski definition) is 2. The van der Waals surface area contributed by atoms with Crippen molar-refractivity contribution in [1.29, 1.82) is 0 Å². The van der Waals surface area contributed by atoms with Crippen molar-refractivity contribution in [2.75, 3.05) is 39.4 Å². The number of aliphatic hydroxyl groups excluding tert-OH is 2. The molecule has 0 aliphatic heterocycles. The summed E-state index contributed by atoms with van der Waals surface area (Å²) in [5.41, 5.74) is 0. The molecule has 0 saturated heterocycles. The average molecular weight is 568 g/mol. The Labute approximate surface area is 219 Å². The van der Waals surface area contributed by atoms with Crippen molar-refractivity contribution in [3.8, 4) is 0 Å². The lowest BCUT2D eigenvalue weighted by Crippen LogP contribution is -3.00. The van der Waals surface area contributed by atoms with E-state index in [0.29, 0.717) is 0 Å². The van der Waals surface area contributed by atoms with Gasteiger partial charge in [-0.1, -0.05) is 90.2 Å². The van der Waals surface area contributed by atoms with Gasteiger partial charge in [-0.2, -0.15) is 0 Å². The summed E-state index contributed by atoms with van der Waals surface area (Å²) in [4.78, 5) is 0. The molecule has 0 rings (SSSR count). The average Bonchev–Trinajstić information content (AvgIpc) is 2.77. The predicted octanol–water partition coefficient (Wildman–Crippen LogP) is 4.41. The lowest BCUT2D eigenvalue weighted by Gasteiger charge is -2.38. The summed E-state index contributed by atoms with van der Waals surface area (Å²) in [5, 5.41) is 19.1. The van der Waals surface area contributed by atoms with Gasteiger partial charge in [0, 0.05) is 0 Å². The van der Waals surface area contributed by atoms with Gasteiger partial charge in [-0.25, -0.2) is 0 Å². The molecule has 0 amide bonds. The second kappa shape index (κ2) is 27.6. The highest BCUT2D eigenvalue weighted by Gasteiger charge is 2.25. The second-order valence-electron chi connectivity index (χ2n) is 9.68. The molecule has 3 nitrogen and oxygen atoms in total. The fraction of sp³-hybridized carbons (Fsp3) is 0.929. The van der Waals surface area contributed by atoms with E-state index in [9.17, 15) is 10.2 Å². The Bertz CT molecular complexity index is 370. The highest BCUT2D eigenvalue weighted by Crippen LogP contribution is 2.15. The van der Waals surface area contributed by atoms with Gasteiger partial charge in [0.15, 0.2) is 0 Å². The van der Waals surface area contributed by atoms with E-state index in [4.69, 9.17) is 0 Å². The standard InChI is InChI=1S/C28H58NO2.HI/c1-3-5-7-9-10-11-12-13-14-15-16-17-18-19-20-22-24-29(25-27-30,26-28-31)23-21-8-6-4-2;/h13-14,30-31H,3-12,15-28H2,1-2H3;1H/q+1;/p-1/b14-13-;. The number of aliphatic hydroxyl groups is 2. The fourth-order valence-corrected chi connectivity index (χ4v) is 4.66. The van der Waals surface area contributed by atoms with Gasteiger partial charge in [0.25, 0.3) is 0 Å². The van der Waals surface area contributed by atoms with E-state index in [0.717, 1.165) is 30.7 Å². The van der Waals surface area contributed by atoms with Crippen LogP contribution in [0.25, 0.3) is 0 Å². The van der Waals surface area contributed by atoms with Crippen LogP contribution in [0.4, 0.5) is 0 Å². The van der Waals surface area contributed by atoms with E-state index in [1.165, 1.54) is 116 Å². The summed E-state index contributed by atoms with van der Waals surface area (Å²) >= 11 is 0. The Morgan fingerprint density at radius 2 is 0.812 bits per heavy atom. The van der Waals surface area contributed by atoms with E-state index in [-0.39, 0.29) is 37.2 Å². The van der Waals surface area contributed by atoms with E-state index >= 15 is 0 Å². The maximum absolute atomic E-state index is 9.56. The highest BCUT2D eigenvalue weighted by molar-refractivity contribution is 4.81. The monoisotopic (exact) mass is 567 g/mol. The Balaban J connectivity index is 0. The van der Waals surface area contributed by atoms with Gasteiger partial charge < -0.3 is 38.7 Å². The number of quaternary nitrogens is 1. The Morgan fingerprint density at radius 1 is 0.469 bits per heavy atom. The first-order chi connectivity index (χ1) is 15.2. The molecule has 0 heterocycles. The number of halogens is 1. The summed E-state index contributed by atoms with van der Waals surface area (Å²) < 4.78 is 0.917. The van der Waals surface area contributed by atoms with E-state index in [1.54, 1.807) is 0 Å². The first-order valence-corrected chi connectivity index (χ1v) is 14.0. The zero-order chi connectivity index (χ0) is 22.9. The van der Waals surface area contributed by atoms with Crippen LogP contribution >= 0.6 is 0 Å². The molecular weight excluding hydrogens is 509 g/mol. The van der Waals surface area contributed by atoms with Gasteiger partial charge in [0.2, 0.25) is 0 Å². The van der Waals surface area contributed by atoms with Gasteiger partial charge in [-0.3, -0.25) is 0 Å². The van der Waals surface area contributed by atoms with Gasteiger partial charge in [0.1, 0.15) is 13.1 Å². The lowest BCUT2D eigenvalue weighted by molar-refractivity contribution is -0.929. The summed E-state index contributed by atoms with van der Waals surface area (Å²) in [5.74, 6) is 0. The van der Waals surface area contributed by atoms with Crippen LogP contribution in [0, 0.1) is 0 Å². The van der Waals surface area contributed by atoms with Gasteiger partial charge in [0.05, 0.1) is 26.3 Å². The van der Waals surface area contributed by atoms with Crippen molar-refractivity contribution in [1.82, 2.24) is 0 Å². The maximum Gasteiger partial charge on any atom is 0.102 e. The van der Waals surface area contributed by atoms with Crippen molar-refractivity contribution in [3.05, 3.63) is 12.2 Å². The molecule has 0 radical (unpaired) electrons. The second-order valence-corrected chi connectivity index (χ2v) is 9.68. The molecule has 0 bridgehead atoms. The molecule has 2 N–H and O–H groups in total. The molecule has 0 spiro atoms. The van der Waals surface area contributed by atoms with Crippen molar-refractivity contribution in [2.45, 2.75) is 129 Å². The van der Waals surface area contributed by atoms with Crippen LogP contribution in [0.1, 0.15) is 129 Å². The number of allylic oxidation sites excluding steroid dienone is 2. The third kappa shape index (κ3) is 22.2. The third-order valence-electron chi connectivity index (χ3n) is 6.78. The number of nitrogens with zero attached hydrogens (tertiary/aromatic N) is 1. The van der Waals surface area contributed by atoms with Crippen LogP contribution in [0.15, 0.2) is 12.2 Å². The topological polar surface area (TPSA) is 40.5 Å². The number of unbranched alkanes of at least 4 members (excludes halogenated alkanes) is 15. The van der Waals surface area contributed by atoms with Gasteiger partial charge >= 0.3 is 0 Å². The molecule has 0 fully saturated rings. The highest BCUT2D eigenvalue weighted by atomic mass is 127. The minimum absolute atomic E-state index is 0. The smallest absolute Gasteiger partial charge is 0.102 e. The van der Waals surface area contributed by atoms with Crippen molar-refractivity contribution < 1.29 is 38.7 Å². The van der Waals surface area contributed by atoms with Crippen molar-refractivity contribution in [2.24, 2.45) is 0 Å². The zero-order valence-corrected chi connectivity index (χ0v) is 24.0. The normalized spacial score (nSPS) is 11.9. The quantitative estimate of drug-likeness (QED) is 0.0743. The maximum atomic E-state index is 9.56. The van der Waals surface area contributed by atoms with Crippen LogP contribution in [-0.4, -0.2) is 54.1 Å². The molecule has 32 heavy (non-hydrogen) atoms. The fourth-order valence-electron chi connectivity index (χ4n) is 4.66. The summed E-state index contributed by atoms with van der Waals surface area (Å²) in [6.45, 7) is 8.84. The molecule has 0 aromatic heterocycles. The summed E-state index contributed by atoms with van der Waals surface area (Å²) in [6.07, 6.45) is 28.6. The summed E-state index contributed by atoms with van der Waals surface area (Å²) in [6, 6.07) is 0. The number of hydrogen-bond donors (Lipinski definition) is 2. The van der Waals surface area contributed by atoms with Crippen LogP contribution in [0.5, 0.6) is 0 Å². The first-order valence-electron chi connectivity index (χ1n) is 14.0. The Kier molecular flexibility index (Phi) is 29.8. The molecule has 0 aliphatic rings. The SMILES string of the molecule is CCCCCCCC/C=C\CCCCCCCC[N+](CCO)(CCO)CCCCCC.[I-]. The molecule has 0 aromatic carbocycles. The zero-order valence-electron chi connectivity index (χ0n) is 21.8.